The monoisotopic (exact) mass is 411 g/mol. The summed E-state index contributed by atoms with van der Waals surface area (Å²) >= 11 is 6.86. The van der Waals surface area contributed by atoms with Gasteiger partial charge >= 0.3 is 5.97 Å². The van der Waals surface area contributed by atoms with Crippen LogP contribution in [0.1, 0.15) is 38.8 Å². The number of hydrogen-bond acceptors (Lipinski definition) is 5. The molecule has 0 aliphatic heterocycles. The maximum absolute atomic E-state index is 13.1. The van der Waals surface area contributed by atoms with Crippen molar-refractivity contribution >= 4 is 35.7 Å². The van der Waals surface area contributed by atoms with Crippen molar-refractivity contribution in [3.63, 3.8) is 0 Å². The van der Waals surface area contributed by atoms with Crippen LogP contribution in [0.25, 0.3) is 5.69 Å². The quantitative estimate of drug-likeness (QED) is 0.267. The molecule has 1 aromatic carbocycles. The maximum Gasteiger partial charge on any atom is 0.310 e. The lowest BCUT2D eigenvalue weighted by Crippen LogP contribution is -2.33. The fourth-order valence-electron chi connectivity index (χ4n) is 3.16. The van der Waals surface area contributed by atoms with Crippen LogP contribution in [0.3, 0.4) is 0 Å². The van der Waals surface area contributed by atoms with E-state index >= 15 is 0 Å². The molecule has 0 saturated heterocycles. The molecule has 0 saturated carbocycles. The number of ketones is 1. The zero-order valence-electron chi connectivity index (χ0n) is 16.0. The second kappa shape index (κ2) is 8.63. The van der Waals surface area contributed by atoms with Crippen LogP contribution in [-0.2, 0) is 28.6 Å². The number of esters is 1. The predicted octanol–water partition coefficient (Wildman–Crippen LogP) is 3.88. The van der Waals surface area contributed by atoms with Crippen molar-refractivity contribution < 1.29 is 18.9 Å². The number of hydrogen-bond donors (Lipinski definition) is 0. The highest BCUT2D eigenvalue weighted by molar-refractivity contribution is 7.63. The molecule has 0 fully saturated rings. The Hall–Kier alpha value is -2.57. The first-order valence-electron chi connectivity index (χ1n) is 8.98. The van der Waals surface area contributed by atoms with E-state index in [1.165, 1.54) is 11.3 Å². The third-order valence-corrected chi connectivity index (χ3v) is 5.67. The van der Waals surface area contributed by atoms with Gasteiger partial charge in [-0.15, -0.1) is 0 Å². The van der Waals surface area contributed by atoms with E-state index in [-0.39, 0.29) is 24.8 Å². The van der Waals surface area contributed by atoms with E-state index < -0.39 is 0 Å². The van der Waals surface area contributed by atoms with Crippen LogP contribution in [0.2, 0.25) is 0 Å². The van der Waals surface area contributed by atoms with E-state index in [0.717, 1.165) is 11.1 Å². The second-order valence-corrected chi connectivity index (χ2v) is 8.21. The highest BCUT2D eigenvalue weighted by Crippen LogP contribution is 2.32. The summed E-state index contributed by atoms with van der Waals surface area (Å²) < 4.78 is 7.64. The molecule has 3 aromatic rings. The molecule has 28 heavy (non-hydrogen) atoms. The van der Waals surface area contributed by atoms with Gasteiger partial charge in [0.05, 0.1) is 13.0 Å². The highest BCUT2D eigenvalue weighted by Gasteiger charge is 2.25. The second-order valence-electron chi connectivity index (χ2n) is 6.52. The smallest absolute Gasteiger partial charge is 0.310 e. The lowest BCUT2D eigenvalue weighted by molar-refractivity contribution is -0.598. The topological polar surface area (TPSA) is 47.3 Å². The van der Waals surface area contributed by atoms with Crippen molar-refractivity contribution in [1.82, 2.24) is 0 Å². The molecular formula is C22H21NO3S2. The average molecular weight is 412 g/mol. The number of rotatable bonds is 6. The Bertz CT molecular complexity index is 1010. The molecule has 4 nitrogen and oxygen atoms in total. The Morgan fingerprint density at radius 2 is 1.75 bits per heavy atom. The van der Waals surface area contributed by atoms with Gasteiger partial charge < -0.3 is 28.7 Å². The van der Waals surface area contributed by atoms with Gasteiger partial charge in [0.1, 0.15) is 0 Å². The number of pyridine rings is 1. The van der Waals surface area contributed by atoms with E-state index in [9.17, 15) is 9.59 Å². The fourth-order valence-corrected chi connectivity index (χ4v) is 4.65. The van der Waals surface area contributed by atoms with E-state index in [1.54, 1.807) is 19.1 Å². The zero-order chi connectivity index (χ0) is 20.3. The molecule has 0 spiro atoms. The molecule has 0 bridgehead atoms. The first-order chi connectivity index (χ1) is 13.4. The molecule has 0 aliphatic rings. The van der Waals surface area contributed by atoms with Crippen molar-refractivity contribution in [2.24, 2.45) is 0 Å². The minimum absolute atomic E-state index is 0.00418. The molecule has 6 heteroatoms. The molecule has 144 valence electrons. The molecule has 0 aliphatic carbocycles. The number of thiophene rings is 1. The van der Waals surface area contributed by atoms with Crippen LogP contribution < -0.4 is 4.57 Å². The lowest BCUT2D eigenvalue weighted by Gasteiger charge is -2.08. The summed E-state index contributed by atoms with van der Waals surface area (Å²) in [7, 11) is 0. The molecule has 0 atom stereocenters. The van der Waals surface area contributed by atoms with Crippen molar-refractivity contribution in [2.45, 2.75) is 31.4 Å². The summed E-state index contributed by atoms with van der Waals surface area (Å²) in [5.74, 6) is -0.504. The van der Waals surface area contributed by atoms with Gasteiger partial charge in [-0.05, 0) is 35.9 Å². The minimum Gasteiger partial charge on any atom is -0.466 e. The first kappa shape index (κ1) is 20.2. The Morgan fingerprint density at radius 1 is 1.11 bits per heavy atom. The summed E-state index contributed by atoms with van der Waals surface area (Å²) in [6.07, 6.45) is 3.91. The van der Waals surface area contributed by atoms with Crippen LogP contribution in [0.5, 0.6) is 0 Å². The molecule has 0 unspecified atom stereocenters. The number of aryl methyl sites for hydroxylation is 2. The normalized spacial score (nSPS) is 10.7. The van der Waals surface area contributed by atoms with Gasteiger partial charge in [0.2, 0.25) is 5.69 Å². The van der Waals surface area contributed by atoms with Gasteiger partial charge in [0, 0.05) is 22.3 Å². The Morgan fingerprint density at radius 3 is 2.36 bits per heavy atom. The lowest BCUT2D eigenvalue weighted by atomic mass is 10.0. The molecule has 0 radical (unpaired) electrons. The van der Waals surface area contributed by atoms with Gasteiger partial charge in [-0.25, -0.2) is 0 Å². The predicted molar refractivity (Wildman–Crippen MR) is 111 cm³/mol. The first-order valence-corrected chi connectivity index (χ1v) is 10.2. The van der Waals surface area contributed by atoms with Crippen molar-refractivity contribution in [3.05, 3.63) is 75.9 Å². The molecule has 2 heterocycles. The molecular weight excluding hydrogens is 390 g/mol. The molecule has 3 rings (SSSR count). The number of benzene rings is 1. The van der Waals surface area contributed by atoms with Crippen LogP contribution in [0, 0.1) is 13.8 Å². The summed E-state index contributed by atoms with van der Waals surface area (Å²) in [4.78, 5) is 25.9. The number of ether oxygens (including phenoxy) is 1. The van der Waals surface area contributed by atoms with E-state index in [0.29, 0.717) is 25.9 Å². The Balaban J connectivity index is 2.17. The number of aromatic nitrogens is 1. The van der Waals surface area contributed by atoms with Crippen molar-refractivity contribution in [1.29, 1.82) is 0 Å². The van der Waals surface area contributed by atoms with Gasteiger partial charge in [-0.1, -0.05) is 30.3 Å². The third kappa shape index (κ3) is 4.29. The van der Waals surface area contributed by atoms with Crippen LogP contribution in [0.4, 0.5) is 0 Å². The summed E-state index contributed by atoms with van der Waals surface area (Å²) in [6.45, 7) is 6.05. The van der Waals surface area contributed by atoms with Gasteiger partial charge in [0.15, 0.2) is 18.2 Å². The fraction of sp³-hybridized carbons (Fsp3) is 0.227. The molecule has 0 N–H and O–H groups in total. The summed E-state index contributed by atoms with van der Waals surface area (Å²) in [5, 5.41) is 0. The minimum atomic E-state index is -0.372. The average Bonchev–Trinajstić information content (AvgIpc) is 2.97. The van der Waals surface area contributed by atoms with Crippen molar-refractivity contribution in [3.8, 4) is 5.69 Å². The van der Waals surface area contributed by atoms with Gasteiger partial charge in [0.25, 0.3) is 0 Å². The Labute approximate surface area is 174 Å². The summed E-state index contributed by atoms with van der Waals surface area (Å²) in [6, 6.07) is 11.1. The summed E-state index contributed by atoms with van der Waals surface area (Å²) in [5.41, 5.74) is 4.04. The van der Waals surface area contributed by atoms with Crippen LogP contribution >= 0.6 is 11.3 Å². The standard InChI is InChI=1S/C22H21NO3S2/c1-4-26-18(24)11-17-19(23-12-14(2)10-15(3)13-23)22(27)28-21(17)20(25)16-8-6-5-7-9-16/h5-10,12-13H,4,11H2,1-3H3. The van der Waals surface area contributed by atoms with Crippen molar-refractivity contribution in [2.75, 3.05) is 6.61 Å². The van der Waals surface area contributed by atoms with Gasteiger partial charge in [-0.2, -0.15) is 4.57 Å². The molecule has 0 amide bonds. The number of nitrogens with zero attached hydrogens (tertiary/aromatic N) is 1. The SMILES string of the molecule is CCOC(=O)Cc1c(C(=O)c2ccccc2)sc([S-])c1-[n+]1cc(C)cc(C)c1. The highest BCUT2D eigenvalue weighted by atomic mass is 32.2. The maximum atomic E-state index is 13.1. The molecule has 2 aromatic heterocycles. The van der Waals surface area contributed by atoms with E-state index in [4.69, 9.17) is 17.4 Å². The van der Waals surface area contributed by atoms with Crippen LogP contribution in [0.15, 0.2) is 53.0 Å². The number of carbonyl (C=O) groups excluding carboxylic acids is 2. The van der Waals surface area contributed by atoms with Crippen LogP contribution in [-0.4, -0.2) is 18.4 Å². The Kier molecular flexibility index (Phi) is 6.21. The van der Waals surface area contributed by atoms with E-state index in [1.807, 2.05) is 49.0 Å². The van der Waals surface area contributed by atoms with E-state index in [2.05, 4.69) is 6.07 Å². The third-order valence-electron chi connectivity index (χ3n) is 4.22. The van der Waals surface area contributed by atoms with Gasteiger partial charge in [-0.3, -0.25) is 9.59 Å². The number of carbonyl (C=O) groups is 2. The zero-order valence-corrected chi connectivity index (χ0v) is 17.7. The largest absolute Gasteiger partial charge is 0.466 e.